The zero-order valence-electron chi connectivity index (χ0n) is 11.8. The standard InChI is InChI=1S/C16H18O4/c1-10(2)12-5-4-6-13(7-12)19-9-14-8-15(16(17)18)11(3)20-14/h4-8,10H,9H2,1-3H3,(H,17,18). The number of hydrogen-bond donors (Lipinski definition) is 1. The van der Waals surface area contributed by atoms with Crippen molar-refractivity contribution in [2.24, 2.45) is 0 Å². The molecular formula is C16H18O4. The van der Waals surface area contributed by atoms with Gasteiger partial charge < -0.3 is 14.3 Å². The van der Waals surface area contributed by atoms with E-state index in [1.54, 1.807) is 6.92 Å². The van der Waals surface area contributed by atoms with E-state index in [0.717, 1.165) is 5.75 Å². The van der Waals surface area contributed by atoms with Crippen molar-refractivity contribution in [1.29, 1.82) is 0 Å². The molecular weight excluding hydrogens is 256 g/mol. The molecule has 2 aromatic rings. The molecule has 106 valence electrons. The smallest absolute Gasteiger partial charge is 0.339 e. The van der Waals surface area contributed by atoms with Gasteiger partial charge in [0.1, 0.15) is 29.4 Å². The molecule has 20 heavy (non-hydrogen) atoms. The average molecular weight is 274 g/mol. The Morgan fingerprint density at radius 3 is 2.70 bits per heavy atom. The Hall–Kier alpha value is -2.23. The molecule has 0 fully saturated rings. The van der Waals surface area contributed by atoms with Crippen LogP contribution in [-0.4, -0.2) is 11.1 Å². The van der Waals surface area contributed by atoms with Crippen LogP contribution in [0.2, 0.25) is 0 Å². The van der Waals surface area contributed by atoms with Crippen LogP contribution in [0.4, 0.5) is 0 Å². The van der Waals surface area contributed by atoms with E-state index in [1.807, 2.05) is 18.2 Å². The van der Waals surface area contributed by atoms with Gasteiger partial charge >= 0.3 is 5.97 Å². The van der Waals surface area contributed by atoms with Crippen LogP contribution in [0.25, 0.3) is 0 Å². The third kappa shape index (κ3) is 3.20. The van der Waals surface area contributed by atoms with Crippen LogP contribution in [-0.2, 0) is 6.61 Å². The first-order valence-electron chi connectivity index (χ1n) is 6.52. The number of furan rings is 1. The molecule has 0 aliphatic heterocycles. The third-order valence-electron chi connectivity index (χ3n) is 3.11. The van der Waals surface area contributed by atoms with Crippen molar-refractivity contribution in [3.63, 3.8) is 0 Å². The molecule has 0 radical (unpaired) electrons. The Morgan fingerprint density at radius 1 is 1.35 bits per heavy atom. The molecule has 2 rings (SSSR count). The van der Waals surface area contributed by atoms with Crippen LogP contribution in [0.3, 0.4) is 0 Å². The van der Waals surface area contributed by atoms with Gasteiger partial charge in [-0.2, -0.15) is 0 Å². The molecule has 0 atom stereocenters. The Labute approximate surface area is 118 Å². The highest BCUT2D eigenvalue weighted by molar-refractivity contribution is 5.88. The van der Waals surface area contributed by atoms with Gasteiger partial charge in [-0.05, 0) is 36.6 Å². The summed E-state index contributed by atoms with van der Waals surface area (Å²) in [5.41, 5.74) is 1.38. The Bertz CT molecular complexity index is 611. The molecule has 0 saturated carbocycles. The molecule has 0 amide bonds. The molecule has 1 aromatic heterocycles. The maximum Gasteiger partial charge on any atom is 0.339 e. The SMILES string of the molecule is Cc1oc(COc2cccc(C(C)C)c2)cc1C(=O)O. The van der Waals surface area contributed by atoms with Crippen molar-refractivity contribution in [1.82, 2.24) is 0 Å². The van der Waals surface area contributed by atoms with Gasteiger partial charge in [0.05, 0.1) is 0 Å². The van der Waals surface area contributed by atoms with Gasteiger partial charge in [0.2, 0.25) is 0 Å². The summed E-state index contributed by atoms with van der Waals surface area (Å²) in [7, 11) is 0. The van der Waals surface area contributed by atoms with Crippen molar-refractivity contribution in [2.75, 3.05) is 0 Å². The molecule has 4 nitrogen and oxygen atoms in total. The van der Waals surface area contributed by atoms with Crippen molar-refractivity contribution < 1.29 is 19.1 Å². The largest absolute Gasteiger partial charge is 0.486 e. The van der Waals surface area contributed by atoms with E-state index in [4.69, 9.17) is 14.3 Å². The van der Waals surface area contributed by atoms with E-state index in [2.05, 4.69) is 19.9 Å². The summed E-state index contributed by atoms with van der Waals surface area (Å²) < 4.78 is 11.0. The number of rotatable bonds is 5. The van der Waals surface area contributed by atoms with Gasteiger partial charge in [-0.25, -0.2) is 4.79 Å². The molecule has 0 spiro atoms. The first kappa shape index (κ1) is 14.2. The molecule has 1 heterocycles. The average Bonchev–Trinajstić information content (AvgIpc) is 2.78. The fourth-order valence-corrected chi connectivity index (χ4v) is 1.95. The highest BCUT2D eigenvalue weighted by Crippen LogP contribution is 2.22. The molecule has 1 N–H and O–H groups in total. The van der Waals surface area contributed by atoms with Crippen LogP contribution >= 0.6 is 0 Å². The molecule has 4 heteroatoms. The zero-order chi connectivity index (χ0) is 14.7. The fourth-order valence-electron chi connectivity index (χ4n) is 1.95. The summed E-state index contributed by atoms with van der Waals surface area (Å²) in [4.78, 5) is 10.9. The molecule has 0 saturated heterocycles. The van der Waals surface area contributed by atoms with Crippen molar-refractivity contribution in [3.05, 3.63) is 53.0 Å². The number of hydrogen-bond acceptors (Lipinski definition) is 3. The number of carboxylic acid groups (broad SMARTS) is 1. The van der Waals surface area contributed by atoms with E-state index < -0.39 is 5.97 Å². The quantitative estimate of drug-likeness (QED) is 0.895. The van der Waals surface area contributed by atoms with Crippen LogP contribution in [0.5, 0.6) is 5.75 Å². The molecule has 0 aliphatic rings. The number of carboxylic acids is 1. The van der Waals surface area contributed by atoms with Gasteiger partial charge in [-0.3, -0.25) is 0 Å². The monoisotopic (exact) mass is 274 g/mol. The molecule has 0 aliphatic carbocycles. The second kappa shape index (κ2) is 5.82. The summed E-state index contributed by atoms with van der Waals surface area (Å²) >= 11 is 0. The van der Waals surface area contributed by atoms with E-state index in [9.17, 15) is 4.79 Å². The predicted octanol–water partition coefficient (Wildman–Crippen LogP) is 3.99. The van der Waals surface area contributed by atoms with Crippen LogP contribution in [0.15, 0.2) is 34.7 Å². The second-order valence-corrected chi connectivity index (χ2v) is 5.00. The number of aryl methyl sites for hydroxylation is 1. The Balaban J connectivity index is 2.07. The predicted molar refractivity (Wildman–Crippen MR) is 75.3 cm³/mol. The van der Waals surface area contributed by atoms with Gasteiger partial charge in [-0.15, -0.1) is 0 Å². The highest BCUT2D eigenvalue weighted by Gasteiger charge is 2.14. The zero-order valence-corrected chi connectivity index (χ0v) is 11.8. The lowest BCUT2D eigenvalue weighted by Gasteiger charge is -2.08. The van der Waals surface area contributed by atoms with Gasteiger partial charge in [0.15, 0.2) is 0 Å². The first-order chi connectivity index (χ1) is 9.47. The normalized spacial score (nSPS) is 10.8. The van der Waals surface area contributed by atoms with E-state index in [1.165, 1.54) is 11.6 Å². The maximum atomic E-state index is 10.9. The summed E-state index contributed by atoms with van der Waals surface area (Å²) in [6, 6.07) is 9.36. The minimum absolute atomic E-state index is 0.180. The lowest BCUT2D eigenvalue weighted by atomic mass is 10.0. The van der Waals surface area contributed by atoms with Crippen LogP contribution < -0.4 is 4.74 Å². The topological polar surface area (TPSA) is 59.7 Å². The van der Waals surface area contributed by atoms with Crippen molar-refractivity contribution >= 4 is 5.97 Å². The maximum absolute atomic E-state index is 10.9. The third-order valence-corrected chi connectivity index (χ3v) is 3.11. The van der Waals surface area contributed by atoms with E-state index >= 15 is 0 Å². The lowest BCUT2D eigenvalue weighted by molar-refractivity contribution is 0.0695. The van der Waals surface area contributed by atoms with Crippen molar-refractivity contribution in [3.8, 4) is 5.75 Å². The molecule has 0 bridgehead atoms. The first-order valence-corrected chi connectivity index (χ1v) is 6.52. The number of aromatic carboxylic acids is 1. The van der Waals surface area contributed by atoms with E-state index in [0.29, 0.717) is 17.4 Å². The number of ether oxygens (including phenoxy) is 1. The molecule has 0 unspecified atom stereocenters. The summed E-state index contributed by atoms with van der Waals surface area (Å²) in [5.74, 6) is 1.10. The van der Waals surface area contributed by atoms with Gasteiger partial charge in [0, 0.05) is 0 Å². The van der Waals surface area contributed by atoms with Crippen LogP contribution in [0.1, 0.15) is 47.2 Å². The minimum atomic E-state index is -0.987. The van der Waals surface area contributed by atoms with Crippen molar-refractivity contribution in [2.45, 2.75) is 33.3 Å². The second-order valence-electron chi connectivity index (χ2n) is 5.00. The lowest BCUT2D eigenvalue weighted by Crippen LogP contribution is -1.96. The van der Waals surface area contributed by atoms with Gasteiger partial charge in [0.25, 0.3) is 0 Å². The van der Waals surface area contributed by atoms with Crippen LogP contribution in [0, 0.1) is 6.92 Å². The summed E-state index contributed by atoms with van der Waals surface area (Å²) in [5, 5.41) is 8.96. The van der Waals surface area contributed by atoms with E-state index in [-0.39, 0.29) is 12.2 Å². The van der Waals surface area contributed by atoms with Gasteiger partial charge in [-0.1, -0.05) is 26.0 Å². The Kier molecular flexibility index (Phi) is 4.13. The highest BCUT2D eigenvalue weighted by atomic mass is 16.5. The molecule has 1 aromatic carbocycles. The fraction of sp³-hybridized carbons (Fsp3) is 0.312. The minimum Gasteiger partial charge on any atom is -0.486 e. The number of carbonyl (C=O) groups is 1. The number of benzene rings is 1. The summed E-state index contributed by atoms with van der Waals surface area (Å²) in [6.07, 6.45) is 0. The Morgan fingerprint density at radius 2 is 2.10 bits per heavy atom. The summed E-state index contributed by atoms with van der Waals surface area (Å²) in [6.45, 7) is 6.09.